The van der Waals surface area contributed by atoms with E-state index in [4.69, 9.17) is 11.6 Å². The summed E-state index contributed by atoms with van der Waals surface area (Å²) in [6, 6.07) is 11.5. The van der Waals surface area contributed by atoms with Gasteiger partial charge in [0, 0.05) is 38.3 Å². The minimum atomic E-state index is -3.78. The van der Waals surface area contributed by atoms with E-state index in [1.165, 1.54) is 22.6 Å². The summed E-state index contributed by atoms with van der Waals surface area (Å²) >= 11 is 5.98. The number of benzene rings is 1. The molecule has 2 aliphatic heterocycles. The Morgan fingerprint density at radius 1 is 1.06 bits per heavy atom. The van der Waals surface area contributed by atoms with E-state index < -0.39 is 16.1 Å². The number of nitrogens with zero attached hydrogens (tertiary/aromatic N) is 3. The molecule has 1 atom stereocenters. The van der Waals surface area contributed by atoms with Gasteiger partial charge in [0.25, 0.3) is 0 Å². The predicted octanol–water partition coefficient (Wildman–Crippen LogP) is 1.84. The maximum atomic E-state index is 13.3. The van der Waals surface area contributed by atoms with Crippen LogP contribution < -0.4 is 5.32 Å². The number of carbonyl (C=O) groups is 2. The molecule has 2 aromatic rings. The predicted molar refractivity (Wildman–Crippen MR) is 115 cm³/mol. The third-order valence-corrected chi connectivity index (χ3v) is 8.10. The summed E-state index contributed by atoms with van der Waals surface area (Å²) in [5.41, 5.74) is 0.763. The van der Waals surface area contributed by atoms with Gasteiger partial charge in [0.2, 0.25) is 21.8 Å². The maximum Gasteiger partial charge on any atom is 0.247 e. The van der Waals surface area contributed by atoms with Gasteiger partial charge in [0.1, 0.15) is 16.1 Å². The quantitative estimate of drug-likeness (QED) is 0.699. The van der Waals surface area contributed by atoms with Gasteiger partial charge in [-0.15, -0.1) is 0 Å². The van der Waals surface area contributed by atoms with Crippen molar-refractivity contribution in [1.29, 1.82) is 0 Å². The third-order valence-electron chi connectivity index (χ3n) is 5.76. The van der Waals surface area contributed by atoms with Crippen LogP contribution in [0.25, 0.3) is 0 Å². The standard InChI is InChI=1S/C21H23ClN4O4S/c22-19-17(7-4-10-23-19)31(29,30)25-12-8-16(9-13-25)21(28)26-14-11-24-20(27)18(26)15-5-2-1-3-6-15/h1-7,10,16,18H,8-9,11-14H2,(H,24,27). The highest BCUT2D eigenvalue weighted by Gasteiger charge is 2.39. The van der Waals surface area contributed by atoms with Crippen LogP contribution in [0.5, 0.6) is 0 Å². The van der Waals surface area contributed by atoms with Crippen LogP contribution in [0.15, 0.2) is 53.6 Å². The number of hydrogen-bond acceptors (Lipinski definition) is 5. The number of piperidine rings is 1. The zero-order valence-corrected chi connectivity index (χ0v) is 18.3. The van der Waals surface area contributed by atoms with Gasteiger partial charge < -0.3 is 10.2 Å². The first-order chi connectivity index (χ1) is 14.9. The van der Waals surface area contributed by atoms with E-state index in [1.807, 2.05) is 30.3 Å². The molecule has 0 saturated carbocycles. The van der Waals surface area contributed by atoms with E-state index in [-0.39, 0.29) is 40.9 Å². The molecule has 0 radical (unpaired) electrons. The van der Waals surface area contributed by atoms with Crippen LogP contribution in [-0.2, 0) is 19.6 Å². The van der Waals surface area contributed by atoms with Crippen molar-refractivity contribution < 1.29 is 18.0 Å². The summed E-state index contributed by atoms with van der Waals surface area (Å²) in [5, 5.41) is 2.77. The van der Waals surface area contributed by atoms with E-state index in [0.717, 1.165) is 5.56 Å². The molecule has 2 aliphatic rings. The van der Waals surface area contributed by atoms with Crippen LogP contribution in [0.2, 0.25) is 5.15 Å². The zero-order valence-electron chi connectivity index (χ0n) is 16.8. The molecule has 8 nitrogen and oxygen atoms in total. The molecule has 1 aromatic heterocycles. The second-order valence-electron chi connectivity index (χ2n) is 7.61. The molecule has 2 fully saturated rings. The van der Waals surface area contributed by atoms with Crippen molar-refractivity contribution in [2.45, 2.75) is 23.8 Å². The van der Waals surface area contributed by atoms with Crippen LogP contribution in [0.1, 0.15) is 24.4 Å². The van der Waals surface area contributed by atoms with E-state index in [9.17, 15) is 18.0 Å². The number of piperazine rings is 1. The SMILES string of the molecule is O=C1NCCN(C(=O)C2CCN(S(=O)(=O)c3cccnc3Cl)CC2)C1c1ccccc1. The largest absolute Gasteiger partial charge is 0.352 e. The van der Waals surface area contributed by atoms with Crippen LogP contribution in [0.3, 0.4) is 0 Å². The van der Waals surface area contributed by atoms with Gasteiger partial charge >= 0.3 is 0 Å². The van der Waals surface area contributed by atoms with E-state index in [0.29, 0.717) is 25.9 Å². The lowest BCUT2D eigenvalue weighted by molar-refractivity contribution is -0.147. The number of carbonyl (C=O) groups excluding carboxylic acids is 2. The Balaban J connectivity index is 1.48. The van der Waals surface area contributed by atoms with Gasteiger partial charge in [0.05, 0.1) is 0 Å². The van der Waals surface area contributed by atoms with Crippen LogP contribution in [0, 0.1) is 5.92 Å². The average molecular weight is 463 g/mol. The molecule has 1 unspecified atom stereocenters. The van der Waals surface area contributed by atoms with E-state index in [2.05, 4.69) is 10.3 Å². The number of pyridine rings is 1. The molecular formula is C21H23ClN4O4S. The van der Waals surface area contributed by atoms with Crippen molar-refractivity contribution >= 4 is 33.4 Å². The van der Waals surface area contributed by atoms with Crippen molar-refractivity contribution in [2.24, 2.45) is 5.92 Å². The second kappa shape index (κ2) is 8.94. The highest BCUT2D eigenvalue weighted by atomic mass is 35.5. The lowest BCUT2D eigenvalue weighted by atomic mass is 9.94. The Kier molecular flexibility index (Phi) is 6.27. The first kappa shape index (κ1) is 21.7. The molecule has 3 heterocycles. The number of amides is 2. The van der Waals surface area contributed by atoms with E-state index in [1.54, 1.807) is 4.90 Å². The fraction of sp³-hybridized carbons (Fsp3) is 0.381. The van der Waals surface area contributed by atoms with Crippen molar-refractivity contribution in [1.82, 2.24) is 19.5 Å². The monoisotopic (exact) mass is 462 g/mol. The van der Waals surface area contributed by atoms with Crippen molar-refractivity contribution in [3.63, 3.8) is 0 Å². The Morgan fingerprint density at radius 3 is 2.45 bits per heavy atom. The molecule has 2 saturated heterocycles. The van der Waals surface area contributed by atoms with Gasteiger partial charge in [0.15, 0.2) is 0 Å². The molecule has 0 bridgehead atoms. The average Bonchev–Trinajstić information content (AvgIpc) is 2.79. The molecular weight excluding hydrogens is 440 g/mol. The van der Waals surface area contributed by atoms with E-state index >= 15 is 0 Å². The number of aromatic nitrogens is 1. The maximum absolute atomic E-state index is 13.3. The minimum Gasteiger partial charge on any atom is -0.352 e. The lowest BCUT2D eigenvalue weighted by Gasteiger charge is -2.39. The molecule has 4 rings (SSSR count). The summed E-state index contributed by atoms with van der Waals surface area (Å²) in [7, 11) is -3.78. The normalized spacial score (nSPS) is 21.0. The summed E-state index contributed by atoms with van der Waals surface area (Å²) in [5.74, 6) is -0.648. The zero-order chi connectivity index (χ0) is 22.0. The first-order valence-electron chi connectivity index (χ1n) is 10.1. The fourth-order valence-corrected chi connectivity index (χ4v) is 6.05. The number of halogens is 1. The Labute approximate surface area is 186 Å². The first-order valence-corrected chi connectivity index (χ1v) is 11.9. The molecule has 1 aromatic carbocycles. The highest BCUT2D eigenvalue weighted by Crippen LogP contribution is 2.31. The Morgan fingerprint density at radius 2 is 1.77 bits per heavy atom. The summed E-state index contributed by atoms with van der Waals surface area (Å²) in [4.78, 5) is 31.3. The van der Waals surface area contributed by atoms with Crippen LogP contribution in [-0.4, -0.2) is 60.6 Å². The minimum absolute atomic E-state index is 0.0294. The molecule has 1 N–H and O–H groups in total. The van der Waals surface area contributed by atoms with Crippen LogP contribution >= 0.6 is 11.6 Å². The molecule has 0 spiro atoms. The Bertz CT molecular complexity index is 1070. The highest BCUT2D eigenvalue weighted by molar-refractivity contribution is 7.89. The molecule has 31 heavy (non-hydrogen) atoms. The number of hydrogen-bond donors (Lipinski definition) is 1. The summed E-state index contributed by atoms with van der Waals surface area (Å²) < 4.78 is 27.2. The number of sulfonamides is 1. The van der Waals surface area contributed by atoms with Crippen molar-refractivity contribution in [3.8, 4) is 0 Å². The van der Waals surface area contributed by atoms with Crippen molar-refractivity contribution in [3.05, 3.63) is 59.4 Å². The molecule has 10 heteroatoms. The van der Waals surface area contributed by atoms with Gasteiger partial charge in [-0.05, 0) is 30.5 Å². The summed E-state index contributed by atoms with van der Waals surface area (Å²) in [6.45, 7) is 1.24. The smallest absolute Gasteiger partial charge is 0.247 e. The van der Waals surface area contributed by atoms with Gasteiger partial charge in [-0.3, -0.25) is 9.59 Å². The van der Waals surface area contributed by atoms with Crippen molar-refractivity contribution in [2.75, 3.05) is 26.2 Å². The second-order valence-corrected chi connectivity index (χ2v) is 9.87. The lowest BCUT2D eigenvalue weighted by Crippen LogP contribution is -2.54. The fourth-order valence-electron chi connectivity index (χ4n) is 4.15. The molecule has 2 amide bonds. The number of nitrogens with one attached hydrogen (secondary N) is 1. The summed E-state index contributed by atoms with van der Waals surface area (Å²) in [6.07, 6.45) is 2.20. The van der Waals surface area contributed by atoms with Crippen LogP contribution in [0.4, 0.5) is 0 Å². The van der Waals surface area contributed by atoms with Gasteiger partial charge in [-0.25, -0.2) is 13.4 Å². The topological polar surface area (TPSA) is 99.7 Å². The number of rotatable bonds is 4. The molecule has 0 aliphatic carbocycles. The third kappa shape index (κ3) is 4.30. The Hall–Kier alpha value is -2.49. The molecule has 164 valence electrons. The van der Waals surface area contributed by atoms with Gasteiger partial charge in [-0.2, -0.15) is 4.31 Å². The van der Waals surface area contributed by atoms with Gasteiger partial charge in [-0.1, -0.05) is 41.9 Å².